The first kappa shape index (κ1) is 73.6. The average Bonchev–Trinajstić information content (AvgIpc) is 3.41. The van der Waals surface area contributed by atoms with Gasteiger partial charge in [-0.25, -0.2) is 0 Å². The number of rotatable bonds is 65. The van der Waals surface area contributed by atoms with Crippen molar-refractivity contribution in [1.82, 2.24) is 5.32 Å². The Morgan fingerprint density at radius 3 is 0.947 bits per heavy atom. The first-order valence-corrected chi connectivity index (χ1v) is 34.4. The minimum atomic E-state index is -0.661. The van der Waals surface area contributed by atoms with Crippen molar-refractivity contribution >= 4 is 11.9 Å². The van der Waals surface area contributed by atoms with Gasteiger partial charge in [0.25, 0.3) is 0 Å². The molecule has 1 amide bonds. The second kappa shape index (κ2) is 65.1. The topological polar surface area (TPSA) is 95.9 Å². The zero-order valence-corrected chi connectivity index (χ0v) is 51.1. The number of nitrogens with one attached hydrogen (secondary N) is 1. The first-order chi connectivity index (χ1) is 37.0. The fourth-order valence-electron chi connectivity index (χ4n) is 11.1. The number of aliphatic hydroxyl groups excluding tert-OH is 2. The van der Waals surface area contributed by atoms with Crippen LogP contribution in [0.5, 0.6) is 0 Å². The molecule has 2 atom stereocenters. The third kappa shape index (κ3) is 61.7. The van der Waals surface area contributed by atoms with Crippen molar-refractivity contribution in [3.8, 4) is 0 Å². The Kier molecular flexibility index (Phi) is 63.9. The highest BCUT2D eigenvalue weighted by molar-refractivity contribution is 5.76. The van der Waals surface area contributed by atoms with Gasteiger partial charge in [-0.1, -0.05) is 341 Å². The van der Waals surface area contributed by atoms with Gasteiger partial charge in [0.15, 0.2) is 0 Å². The molecule has 6 heteroatoms. The monoisotopic (exact) mass is 1060 g/mol. The molecular formula is C69H135NO5. The lowest BCUT2D eigenvalue weighted by atomic mass is 10.0. The molecule has 6 nitrogen and oxygen atoms in total. The second-order valence-corrected chi connectivity index (χ2v) is 23.9. The van der Waals surface area contributed by atoms with Gasteiger partial charge in [-0.3, -0.25) is 9.59 Å². The van der Waals surface area contributed by atoms with Crippen LogP contribution in [0.2, 0.25) is 0 Å². The average molecular weight is 1060 g/mol. The van der Waals surface area contributed by atoms with Crippen LogP contribution >= 0.6 is 0 Å². The maximum atomic E-state index is 12.4. The lowest BCUT2D eigenvalue weighted by molar-refractivity contribution is -0.143. The maximum absolute atomic E-state index is 12.4. The van der Waals surface area contributed by atoms with E-state index in [0.29, 0.717) is 25.9 Å². The van der Waals surface area contributed by atoms with Gasteiger partial charge in [0.1, 0.15) is 0 Å². The van der Waals surface area contributed by atoms with E-state index in [9.17, 15) is 19.8 Å². The molecule has 0 bridgehead atoms. The molecule has 2 unspecified atom stereocenters. The van der Waals surface area contributed by atoms with Gasteiger partial charge in [0.2, 0.25) is 5.91 Å². The van der Waals surface area contributed by atoms with Crippen molar-refractivity contribution in [3.63, 3.8) is 0 Å². The van der Waals surface area contributed by atoms with E-state index in [0.717, 1.165) is 38.5 Å². The van der Waals surface area contributed by atoms with E-state index in [1.807, 2.05) is 0 Å². The van der Waals surface area contributed by atoms with E-state index in [1.54, 1.807) is 0 Å². The fraction of sp³-hybridized carbons (Fsp3) is 0.942. The molecule has 0 aliphatic heterocycles. The number of unbranched alkanes of at least 4 members (excludes halogenated alkanes) is 52. The third-order valence-corrected chi connectivity index (χ3v) is 16.3. The Labute approximate surface area is 469 Å². The molecule has 0 aromatic heterocycles. The number of hydrogen-bond acceptors (Lipinski definition) is 5. The molecule has 0 aliphatic carbocycles. The minimum absolute atomic E-state index is 0.0221. The normalized spacial score (nSPS) is 12.5. The van der Waals surface area contributed by atoms with Crippen molar-refractivity contribution < 1.29 is 24.5 Å². The summed E-state index contributed by atoms with van der Waals surface area (Å²) >= 11 is 0. The highest BCUT2D eigenvalue weighted by Gasteiger charge is 2.20. The van der Waals surface area contributed by atoms with Crippen LogP contribution in [0.4, 0.5) is 0 Å². The first-order valence-electron chi connectivity index (χ1n) is 34.4. The van der Waals surface area contributed by atoms with Crippen LogP contribution in [-0.4, -0.2) is 47.4 Å². The van der Waals surface area contributed by atoms with Crippen LogP contribution in [0.15, 0.2) is 12.2 Å². The van der Waals surface area contributed by atoms with E-state index in [1.165, 1.54) is 321 Å². The molecule has 0 rings (SSSR count). The predicted octanol–water partition coefficient (Wildman–Crippen LogP) is 22.0. The Morgan fingerprint density at radius 1 is 0.360 bits per heavy atom. The van der Waals surface area contributed by atoms with E-state index in [-0.39, 0.29) is 18.5 Å². The Balaban J connectivity index is 3.32. The molecule has 0 fully saturated rings. The smallest absolute Gasteiger partial charge is 0.305 e. The van der Waals surface area contributed by atoms with Crippen molar-refractivity contribution in [1.29, 1.82) is 0 Å². The van der Waals surface area contributed by atoms with Crippen molar-refractivity contribution in [2.75, 3.05) is 13.2 Å². The summed E-state index contributed by atoms with van der Waals surface area (Å²) in [5.74, 6) is -0.0118. The molecule has 0 heterocycles. The van der Waals surface area contributed by atoms with Crippen LogP contribution < -0.4 is 5.32 Å². The number of hydrogen-bond donors (Lipinski definition) is 3. The van der Waals surface area contributed by atoms with Gasteiger partial charge < -0.3 is 20.3 Å². The second-order valence-electron chi connectivity index (χ2n) is 23.9. The number of aliphatic hydroxyl groups is 2. The zero-order valence-electron chi connectivity index (χ0n) is 51.1. The molecule has 0 radical (unpaired) electrons. The number of allylic oxidation sites excluding steroid dienone is 2. The molecule has 75 heavy (non-hydrogen) atoms. The number of amides is 1. The van der Waals surface area contributed by atoms with Gasteiger partial charge in [-0.15, -0.1) is 0 Å². The van der Waals surface area contributed by atoms with Crippen molar-refractivity contribution in [2.24, 2.45) is 0 Å². The highest BCUT2D eigenvalue weighted by atomic mass is 16.5. The number of ether oxygens (including phenoxy) is 1. The van der Waals surface area contributed by atoms with Gasteiger partial charge in [0, 0.05) is 12.8 Å². The number of esters is 1. The summed E-state index contributed by atoms with van der Waals surface area (Å²) in [6.45, 7) is 4.98. The van der Waals surface area contributed by atoms with E-state index >= 15 is 0 Å². The van der Waals surface area contributed by atoms with E-state index < -0.39 is 12.1 Å². The fourth-order valence-corrected chi connectivity index (χ4v) is 11.1. The predicted molar refractivity (Wildman–Crippen MR) is 329 cm³/mol. The van der Waals surface area contributed by atoms with Gasteiger partial charge in [-0.2, -0.15) is 0 Å². The maximum Gasteiger partial charge on any atom is 0.305 e. The highest BCUT2D eigenvalue weighted by Crippen LogP contribution is 2.19. The molecule has 0 aromatic rings. The molecule has 3 N–H and O–H groups in total. The van der Waals surface area contributed by atoms with Crippen LogP contribution in [0, 0.1) is 0 Å². The number of carbonyl (C=O) groups is 2. The molecule has 446 valence electrons. The van der Waals surface area contributed by atoms with Crippen molar-refractivity contribution in [2.45, 2.75) is 405 Å². The summed E-state index contributed by atoms with van der Waals surface area (Å²) in [5.41, 5.74) is 0. The SMILES string of the molecule is CCCCCCCCCCCCCCCCCCCCCC(=O)OCCCCCCCCCCCCCC/C=C\CCCCCCCCCCCCCCCC(=O)NC(CO)C(O)CCCCCCCCCCCC. The van der Waals surface area contributed by atoms with Crippen LogP contribution in [0.3, 0.4) is 0 Å². The van der Waals surface area contributed by atoms with Crippen LogP contribution in [0.1, 0.15) is 393 Å². The van der Waals surface area contributed by atoms with Gasteiger partial charge in [-0.05, 0) is 51.4 Å². The quantitative estimate of drug-likeness (QED) is 0.0320. The molecule has 0 saturated heterocycles. The third-order valence-electron chi connectivity index (χ3n) is 16.3. The van der Waals surface area contributed by atoms with Gasteiger partial charge in [0.05, 0.1) is 25.4 Å². The lowest BCUT2D eigenvalue weighted by Crippen LogP contribution is -2.45. The van der Waals surface area contributed by atoms with Crippen LogP contribution in [-0.2, 0) is 14.3 Å². The summed E-state index contributed by atoms with van der Waals surface area (Å²) in [4.78, 5) is 24.6. The zero-order chi connectivity index (χ0) is 54.3. The molecular weight excluding hydrogens is 923 g/mol. The largest absolute Gasteiger partial charge is 0.466 e. The van der Waals surface area contributed by atoms with Gasteiger partial charge >= 0.3 is 5.97 Å². The summed E-state index contributed by atoms with van der Waals surface area (Å²) in [5, 5.41) is 23.2. The molecule has 0 spiro atoms. The van der Waals surface area contributed by atoms with Crippen molar-refractivity contribution in [3.05, 3.63) is 12.2 Å². The summed E-state index contributed by atoms with van der Waals surface area (Å²) < 4.78 is 5.51. The summed E-state index contributed by atoms with van der Waals surface area (Å²) in [6.07, 6.45) is 79.8. The standard InChI is InChI=1S/C69H135NO5/c1-3-5-7-9-11-13-15-16-17-18-30-34-37-40-43-47-51-55-59-63-69(74)75-64-60-56-52-48-44-41-38-35-32-29-27-25-23-21-19-20-22-24-26-28-31-33-36-39-42-46-50-54-58-62-68(73)70-66(65-71)67(72)61-57-53-49-45-14-12-10-8-6-4-2/h19,21,66-67,71-72H,3-18,20,22-65H2,1-2H3,(H,70,73)/b21-19-. The summed E-state index contributed by atoms with van der Waals surface area (Å²) in [7, 11) is 0. The molecule has 0 aliphatic rings. The molecule has 0 aromatic carbocycles. The lowest BCUT2D eigenvalue weighted by Gasteiger charge is -2.22. The number of carbonyl (C=O) groups excluding carboxylic acids is 2. The Hall–Kier alpha value is -1.40. The van der Waals surface area contributed by atoms with Crippen LogP contribution in [0.25, 0.3) is 0 Å². The Morgan fingerprint density at radius 2 is 0.627 bits per heavy atom. The Bertz CT molecular complexity index is 1130. The van der Waals surface area contributed by atoms with E-state index in [2.05, 4.69) is 31.3 Å². The summed E-state index contributed by atoms with van der Waals surface area (Å²) in [6, 6.07) is -0.538. The molecule has 0 saturated carbocycles. The minimum Gasteiger partial charge on any atom is -0.466 e. The van der Waals surface area contributed by atoms with E-state index in [4.69, 9.17) is 4.74 Å².